The molecule has 4 rings (SSSR count). The van der Waals surface area contributed by atoms with Crippen LogP contribution in [0.1, 0.15) is 0 Å². The van der Waals surface area contributed by atoms with Crippen LogP contribution >= 0.6 is 0 Å². The third kappa shape index (κ3) is 3.30. The lowest BCUT2D eigenvalue weighted by Gasteiger charge is -2.08. The van der Waals surface area contributed by atoms with E-state index in [0.29, 0.717) is 0 Å². The molecule has 4 aromatic rings. The van der Waals surface area contributed by atoms with Gasteiger partial charge in [-0.25, -0.2) is 4.68 Å². The molecule has 4 heteroatoms. The van der Waals surface area contributed by atoms with Crippen LogP contribution in [0.5, 0.6) is 5.75 Å². The lowest BCUT2D eigenvalue weighted by Crippen LogP contribution is -2.00. The molecule has 1 heterocycles. The fourth-order valence-corrected chi connectivity index (χ4v) is 2.85. The van der Waals surface area contributed by atoms with Crippen molar-refractivity contribution >= 4 is 11.5 Å². The first-order valence-corrected chi connectivity index (χ1v) is 8.45. The normalized spacial score (nSPS) is 10.5. The van der Waals surface area contributed by atoms with Gasteiger partial charge in [-0.1, -0.05) is 48.5 Å². The highest BCUT2D eigenvalue weighted by molar-refractivity contribution is 5.68. The molecule has 0 amide bonds. The zero-order valence-corrected chi connectivity index (χ0v) is 14.5. The molecule has 0 atom stereocenters. The number of hydrogen-bond acceptors (Lipinski definition) is 3. The summed E-state index contributed by atoms with van der Waals surface area (Å²) in [5.41, 5.74) is 4.11. The van der Waals surface area contributed by atoms with E-state index in [1.165, 1.54) is 0 Å². The molecule has 128 valence electrons. The Labute approximate surface area is 152 Å². The molecule has 0 aliphatic rings. The maximum absolute atomic E-state index is 5.26. The van der Waals surface area contributed by atoms with E-state index in [9.17, 15) is 0 Å². The molecule has 0 saturated carbocycles. The van der Waals surface area contributed by atoms with Gasteiger partial charge >= 0.3 is 0 Å². The van der Waals surface area contributed by atoms with Crippen LogP contribution in [0, 0.1) is 0 Å². The summed E-state index contributed by atoms with van der Waals surface area (Å²) in [5, 5.41) is 8.14. The second kappa shape index (κ2) is 7.15. The first-order chi connectivity index (χ1) is 12.8. The highest BCUT2D eigenvalue weighted by Gasteiger charge is 2.12. The van der Waals surface area contributed by atoms with Crippen LogP contribution in [0.2, 0.25) is 0 Å². The largest absolute Gasteiger partial charge is 0.497 e. The van der Waals surface area contributed by atoms with Crippen LogP contribution in [-0.2, 0) is 0 Å². The maximum atomic E-state index is 5.26. The van der Waals surface area contributed by atoms with Gasteiger partial charge in [0.25, 0.3) is 0 Å². The van der Waals surface area contributed by atoms with Crippen molar-refractivity contribution < 1.29 is 4.74 Å². The Morgan fingerprint density at radius 1 is 0.808 bits per heavy atom. The summed E-state index contributed by atoms with van der Waals surface area (Å²) in [6, 6.07) is 30.2. The number of benzene rings is 3. The molecular weight excluding hydrogens is 322 g/mol. The maximum Gasteiger partial charge on any atom is 0.153 e. The molecule has 0 fully saturated rings. The van der Waals surface area contributed by atoms with Gasteiger partial charge in [-0.15, -0.1) is 5.10 Å². The van der Waals surface area contributed by atoms with Crippen LogP contribution in [0.25, 0.3) is 16.9 Å². The van der Waals surface area contributed by atoms with Crippen molar-refractivity contribution in [3.63, 3.8) is 0 Å². The van der Waals surface area contributed by atoms with Crippen molar-refractivity contribution in [3.8, 4) is 22.7 Å². The molecule has 0 aliphatic heterocycles. The quantitative estimate of drug-likeness (QED) is 0.536. The van der Waals surface area contributed by atoms with E-state index in [0.717, 1.165) is 34.2 Å². The smallest absolute Gasteiger partial charge is 0.153 e. The summed E-state index contributed by atoms with van der Waals surface area (Å²) >= 11 is 0. The summed E-state index contributed by atoms with van der Waals surface area (Å²) in [7, 11) is 1.67. The molecular formula is C22H19N3O. The van der Waals surface area contributed by atoms with Gasteiger partial charge in [-0.05, 0) is 36.4 Å². The van der Waals surface area contributed by atoms with Crippen LogP contribution < -0.4 is 10.1 Å². The van der Waals surface area contributed by atoms with E-state index < -0.39 is 0 Å². The molecule has 26 heavy (non-hydrogen) atoms. The Kier molecular flexibility index (Phi) is 4.39. The van der Waals surface area contributed by atoms with E-state index in [2.05, 4.69) is 23.5 Å². The third-order valence-electron chi connectivity index (χ3n) is 4.14. The Morgan fingerprint density at radius 3 is 2.12 bits per heavy atom. The van der Waals surface area contributed by atoms with Crippen molar-refractivity contribution in [2.75, 3.05) is 12.4 Å². The first kappa shape index (κ1) is 16.0. The van der Waals surface area contributed by atoms with Gasteiger partial charge in [0, 0.05) is 17.3 Å². The van der Waals surface area contributed by atoms with Crippen LogP contribution in [-0.4, -0.2) is 16.9 Å². The molecule has 0 bridgehead atoms. The summed E-state index contributed by atoms with van der Waals surface area (Å²) in [6.45, 7) is 0. The topological polar surface area (TPSA) is 39.1 Å². The fraction of sp³-hybridized carbons (Fsp3) is 0.0455. The van der Waals surface area contributed by atoms with Gasteiger partial charge in [0.1, 0.15) is 5.75 Å². The standard InChI is InChI=1S/C22H19N3O/c1-26-20-14-12-19(13-15-20)25-21(17-8-4-2-5-9-17)16-22(24-25)23-18-10-6-3-7-11-18/h2-16H,1H3,(H,23,24). The number of ether oxygens (including phenoxy) is 1. The number of nitrogens with zero attached hydrogens (tertiary/aromatic N) is 2. The summed E-state index contributed by atoms with van der Waals surface area (Å²) in [4.78, 5) is 0. The molecule has 4 nitrogen and oxygen atoms in total. The summed E-state index contributed by atoms with van der Waals surface area (Å²) in [6.07, 6.45) is 0. The lowest BCUT2D eigenvalue weighted by atomic mass is 10.1. The van der Waals surface area contributed by atoms with E-state index in [1.807, 2.05) is 77.5 Å². The van der Waals surface area contributed by atoms with Crippen molar-refractivity contribution in [2.45, 2.75) is 0 Å². The zero-order valence-electron chi connectivity index (χ0n) is 14.5. The van der Waals surface area contributed by atoms with Crippen LogP contribution in [0.4, 0.5) is 11.5 Å². The number of hydrogen-bond donors (Lipinski definition) is 1. The van der Waals surface area contributed by atoms with Crippen molar-refractivity contribution in [2.24, 2.45) is 0 Å². The third-order valence-corrected chi connectivity index (χ3v) is 4.14. The monoisotopic (exact) mass is 341 g/mol. The molecule has 1 N–H and O–H groups in total. The number of aromatic nitrogens is 2. The van der Waals surface area contributed by atoms with Gasteiger partial charge in [0.2, 0.25) is 0 Å². The van der Waals surface area contributed by atoms with Crippen LogP contribution in [0.3, 0.4) is 0 Å². The Bertz CT molecular complexity index is 977. The molecule has 0 unspecified atom stereocenters. The Morgan fingerprint density at radius 2 is 1.46 bits per heavy atom. The lowest BCUT2D eigenvalue weighted by molar-refractivity contribution is 0.414. The second-order valence-corrected chi connectivity index (χ2v) is 5.88. The van der Waals surface area contributed by atoms with E-state index in [4.69, 9.17) is 9.84 Å². The van der Waals surface area contributed by atoms with E-state index >= 15 is 0 Å². The summed E-state index contributed by atoms with van der Waals surface area (Å²) in [5.74, 6) is 1.62. The van der Waals surface area contributed by atoms with Gasteiger partial charge in [-0.3, -0.25) is 0 Å². The minimum atomic E-state index is 0.797. The van der Waals surface area contributed by atoms with Gasteiger partial charge in [-0.2, -0.15) is 0 Å². The Balaban J connectivity index is 1.77. The minimum Gasteiger partial charge on any atom is -0.497 e. The molecule has 3 aromatic carbocycles. The van der Waals surface area contributed by atoms with Gasteiger partial charge in [0.05, 0.1) is 18.5 Å². The fourth-order valence-electron chi connectivity index (χ4n) is 2.85. The van der Waals surface area contributed by atoms with Crippen molar-refractivity contribution in [3.05, 3.63) is 91.0 Å². The molecule has 1 aromatic heterocycles. The average Bonchev–Trinajstić information content (AvgIpc) is 3.13. The average molecular weight is 341 g/mol. The predicted octanol–water partition coefficient (Wildman–Crippen LogP) is 5.29. The highest BCUT2D eigenvalue weighted by Crippen LogP contribution is 2.28. The second-order valence-electron chi connectivity index (χ2n) is 5.88. The number of nitrogens with one attached hydrogen (secondary N) is 1. The van der Waals surface area contributed by atoms with Crippen LogP contribution in [0.15, 0.2) is 91.0 Å². The predicted molar refractivity (Wildman–Crippen MR) is 105 cm³/mol. The van der Waals surface area contributed by atoms with Gasteiger partial charge in [0.15, 0.2) is 5.82 Å². The van der Waals surface area contributed by atoms with Gasteiger partial charge < -0.3 is 10.1 Å². The molecule has 0 saturated heterocycles. The molecule has 0 spiro atoms. The number of rotatable bonds is 5. The highest BCUT2D eigenvalue weighted by atomic mass is 16.5. The zero-order chi connectivity index (χ0) is 17.8. The SMILES string of the molecule is COc1ccc(-n2nc(Nc3ccccc3)cc2-c2ccccc2)cc1. The number of anilines is 2. The number of methoxy groups -OCH3 is 1. The molecule has 0 radical (unpaired) electrons. The van der Waals surface area contributed by atoms with Crippen molar-refractivity contribution in [1.29, 1.82) is 0 Å². The summed E-state index contributed by atoms with van der Waals surface area (Å²) < 4.78 is 7.21. The van der Waals surface area contributed by atoms with E-state index in [1.54, 1.807) is 7.11 Å². The van der Waals surface area contributed by atoms with E-state index in [-0.39, 0.29) is 0 Å². The Hall–Kier alpha value is -3.53. The minimum absolute atomic E-state index is 0.797. The number of para-hydroxylation sites is 1. The molecule has 0 aliphatic carbocycles. The van der Waals surface area contributed by atoms with Crippen molar-refractivity contribution in [1.82, 2.24) is 9.78 Å². The first-order valence-electron chi connectivity index (χ1n) is 8.45.